The van der Waals surface area contributed by atoms with Gasteiger partial charge in [0.1, 0.15) is 0 Å². The number of ether oxygens (including phenoxy) is 1. The zero-order valence-electron chi connectivity index (χ0n) is 12.6. The van der Waals surface area contributed by atoms with Crippen molar-refractivity contribution in [2.45, 2.75) is 32.1 Å². The molecule has 1 saturated heterocycles. The van der Waals surface area contributed by atoms with Gasteiger partial charge in [-0.05, 0) is 51.7 Å². The Balaban J connectivity index is 1.62. The normalized spacial score (nSPS) is 16.9. The lowest BCUT2D eigenvalue weighted by molar-refractivity contribution is 0.112. The van der Waals surface area contributed by atoms with Gasteiger partial charge in [0.05, 0.1) is 17.8 Å². The van der Waals surface area contributed by atoms with Gasteiger partial charge >= 0.3 is 0 Å². The molecule has 0 bridgehead atoms. The summed E-state index contributed by atoms with van der Waals surface area (Å²) in [5.74, 6) is 1.34. The van der Waals surface area contributed by atoms with Crippen LogP contribution in [-0.4, -0.2) is 42.9 Å². The predicted octanol–water partition coefficient (Wildman–Crippen LogP) is 3.44. The minimum Gasteiger partial charge on any atom is -0.478 e. The van der Waals surface area contributed by atoms with Gasteiger partial charge in [-0.1, -0.05) is 18.0 Å². The molecule has 2 rings (SSSR count). The van der Waals surface area contributed by atoms with Crippen LogP contribution in [0.2, 0.25) is 5.02 Å². The second-order valence-corrected chi connectivity index (χ2v) is 6.16. The maximum absolute atomic E-state index is 10.8. The number of piperidine rings is 1. The molecule has 0 saturated carbocycles. The van der Waals surface area contributed by atoms with Gasteiger partial charge in [0, 0.05) is 11.6 Å². The molecule has 2 heterocycles. The molecule has 0 radical (unpaired) electrons. The maximum atomic E-state index is 10.8. The van der Waals surface area contributed by atoms with Crippen molar-refractivity contribution in [2.75, 3.05) is 26.7 Å². The molecule has 1 aliphatic rings. The highest BCUT2D eigenvalue weighted by Crippen LogP contribution is 2.22. The van der Waals surface area contributed by atoms with E-state index in [1.54, 1.807) is 6.07 Å². The molecule has 1 aliphatic heterocycles. The molecule has 116 valence electrons. The van der Waals surface area contributed by atoms with Crippen LogP contribution >= 0.6 is 11.6 Å². The first-order valence-electron chi connectivity index (χ1n) is 7.61. The van der Waals surface area contributed by atoms with E-state index >= 15 is 0 Å². The Labute approximate surface area is 131 Å². The second-order valence-electron chi connectivity index (χ2n) is 5.75. The second kappa shape index (κ2) is 8.35. The van der Waals surface area contributed by atoms with Crippen LogP contribution in [0, 0.1) is 5.92 Å². The summed E-state index contributed by atoms with van der Waals surface area (Å²) in [4.78, 5) is 17.2. The van der Waals surface area contributed by atoms with E-state index in [0.29, 0.717) is 23.1 Å². The van der Waals surface area contributed by atoms with E-state index in [9.17, 15) is 4.79 Å². The molecule has 5 heteroatoms. The number of unbranched alkanes of at least 4 members (excludes halogenated alkanes) is 1. The van der Waals surface area contributed by atoms with Crippen molar-refractivity contribution in [2.24, 2.45) is 5.92 Å². The number of halogens is 1. The fraction of sp³-hybridized carbons (Fsp3) is 0.625. The van der Waals surface area contributed by atoms with Crippen LogP contribution in [0.4, 0.5) is 0 Å². The van der Waals surface area contributed by atoms with Crippen LogP contribution in [0.25, 0.3) is 0 Å². The number of aldehydes is 1. The molecular weight excluding hydrogens is 288 g/mol. The summed E-state index contributed by atoms with van der Waals surface area (Å²) in [5.41, 5.74) is 0.424. The van der Waals surface area contributed by atoms with Crippen LogP contribution in [0.3, 0.4) is 0 Å². The van der Waals surface area contributed by atoms with Gasteiger partial charge < -0.3 is 9.64 Å². The van der Waals surface area contributed by atoms with Gasteiger partial charge in [-0.3, -0.25) is 4.79 Å². The highest BCUT2D eigenvalue weighted by molar-refractivity contribution is 6.32. The van der Waals surface area contributed by atoms with Crippen molar-refractivity contribution in [3.05, 3.63) is 22.8 Å². The standard InChI is InChI=1S/C16H23ClN2O2/c1-19-7-5-13(6-8-19)4-2-3-9-21-16-10-14(12-20)15(17)11-18-16/h10-13H,2-9H2,1H3. The minimum atomic E-state index is 0.361. The number of likely N-dealkylation sites (tertiary alicyclic amines) is 1. The average molecular weight is 311 g/mol. The molecule has 0 amide bonds. The van der Waals surface area contributed by atoms with Crippen LogP contribution in [-0.2, 0) is 0 Å². The first kappa shape index (κ1) is 16.2. The third kappa shape index (κ3) is 5.29. The summed E-state index contributed by atoms with van der Waals surface area (Å²) in [6, 6.07) is 1.59. The highest BCUT2D eigenvalue weighted by atomic mass is 35.5. The topological polar surface area (TPSA) is 42.4 Å². The first-order valence-corrected chi connectivity index (χ1v) is 7.99. The van der Waals surface area contributed by atoms with E-state index < -0.39 is 0 Å². The fourth-order valence-corrected chi connectivity index (χ4v) is 2.81. The van der Waals surface area contributed by atoms with Crippen molar-refractivity contribution >= 4 is 17.9 Å². The van der Waals surface area contributed by atoms with Gasteiger partial charge in [0.25, 0.3) is 0 Å². The molecule has 1 fully saturated rings. The Morgan fingerprint density at radius 3 is 2.90 bits per heavy atom. The lowest BCUT2D eigenvalue weighted by atomic mass is 9.92. The molecule has 0 unspecified atom stereocenters. The number of pyridine rings is 1. The van der Waals surface area contributed by atoms with E-state index in [-0.39, 0.29) is 0 Å². The molecule has 21 heavy (non-hydrogen) atoms. The molecule has 0 spiro atoms. The Kier molecular flexibility index (Phi) is 6.46. The number of carbonyl (C=O) groups is 1. The van der Waals surface area contributed by atoms with Gasteiger partial charge in [0.15, 0.2) is 6.29 Å². The first-order chi connectivity index (χ1) is 10.2. The number of aromatic nitrogens is 1. The smallest absolute Gasteiger partial charge is 0.213 e. The summed E-state index contributed by atoms with van der Waals surface area (Å²) >= 11 is 5.82. The molecule has 4 nitrogen and oxygen atoms in total. The Hall–Kier alpha value is -1.13. The lowest BCUT2D eigenvalue weighted by Gasteiger charge is -2.28. The monoisotopic (exact) mass is 310 g/mol. The lowest BCUT2D eigenvalue weighted by Crippen LogP contribution is -2.30. The maximum Gasteiger partial charge on any atom is 0.213 e. The van der Waals surface area contributed by atoms with Crippen molar-refractivity contribution < 1.29 is 9.53 Å². The predicted molar refractivity (Wildman–Crippen MR) is 84.2 cm³/mol. The van der Waals surface area contributed by atoms with Crippen molar-refractivity contribution in [1.82, 2.24) is 9.88 Å². The van der Waals surface area contributed by atoms with Crippen LogP contribution in [0.5, 0.6) is 5.88 Å². The number of rotatable bonds is 7. The summed E-state index contributed by atoms with van der Waals surface area (Å²) in [5, 5.41) is 0.361. The van der Waals surface area contributed by atoms with Gasteiger partial charge in [-0.15, -0.1) is 0 Å². The minimum absolute atomic E-state index is 0.361. The van der Waals surface area contributed by atoms with E-state index in [0.717, 1.165) is 18.6 Å². The molecule has 1 aromatic heterocycles. The molecule has 0 aromatic carbocycles. The van der Waals surface area contributed by atoms with Gasteiger partial charge in [0.2, 0.25) is 5.88 Å². The number of hydrogen-bond acceptors (Lipinski definition) is 4. The average Bonchev–Trinajstić information content (AvgIpc) is 2.50. The van der Waals surface area contributed by atoms with E-state index in [2.05, 4.69) is 16.9 Å². The highest BCUT2D eigenvalue weighted by Gasteiger charge is 2.15. The SMILES string of the molecule is CN1CCC(CCCCOc2cc(C=O)c(Cl)cn2)CC1. The third-order valence-corrected chi connectivity index (χ3v) is 4.40. The quantitative estimate of drug-likeness (QED) is 0.571. The van der Waals surface area contributed by atoms with Crippen molar-refractivity contribution in [3.63, 3.8) is 0 Å². The Morgan fingerprint density at radius 1 is 1.43 bits per heavy atom. The van der Waals surface area contributed by atoms with E-state index in [1.165, 1.54) is 45.0 Å². The molecule has 0 N–H and O–H groups in total. The molecular formula is C16H23ClN2O2. The molecule has 0 aliphatic carbocycles. The van der Waals surface area contributed by atoms with Crippen LogP contribution < -0.4 is 4.74 Å². The third-order valence-electron chi connectivity index (χ3n) is 4.08. The van der Waals surface area contributed by atoms with Crippen LogP contribution in [0.15, 0.2) is 12.3 Å². The number of hydrogen-bond donors (Lipinski definition) is 0. The number of carbonyl (C=O) groups excluding carboxylic acids is 1. The van der Waals surface area contributed by atoms with Crippen molar-refractivity contribution in [3.8, 4) is 5.88 Å². The molecule has 0 atom stereocenters. The van der Waals surface area contributed by atoms with E-state index in [4.69, 9.17) is 16.3 Å². The van der Waals surface area contributed by atoms with Gasteiger partial charge in [-0.25, -0.2) is 4.98 Å². The van der Waals surface area contributed by atoms with E-state index in [1.807, 2.05) is 0 Å². The van der Waals surface area contributed by atoms with Gasteiger partial charge in [-0.2, -0.15) is 0 Å². The summed E-state index contributed by atoms with van der Waals surface area (Å²) in [7, 11) is 2.19. The van der Waals surface area contributed by atoms with Crippen LogP contribution in [0.1, 0.15) is 42.5 Å². The Bertz CT molecular complexity index is 460. The fourth-order valence-electron chi connectivity index (χ4n) is 2.67. The largest absolute Gasteiger partial charge is 0.478 e. The summed E-state index contributed by atoms with van der Waals surface area (Å²) < 4.78 is 5.57. The summed E-state index contributed by atoms with van der Waals surface area (Å²) in [6.45, 7) is 3.09. The zero-order valence-corrected chi connectivity index (χ0v) is 13.3. The summed E-state index contributed by atoms with van der Waals surface area (Å²) in [6.07, 6.45) is 8.30. The Morgan fingerprint density at radius 2 is 2.19 bits per heavy atom. The molecule has 1 aromatic rings. The number of nitrogens with zero attached hydrogens (tertiary/aromatic N) is 2. The van der Waals surface area contributed by atoms with Crippen molar-refractivity contribution in [1.29, 1.82) is 0 Å². The zero-order chi connectivity index (χ0) is 15.1.